The fourth-order valence-electron chi connectivity index (χ4n) is 3.15. The third-order valence-electron chi connectivity index (χ3n) is 4.79. The Morgan fingerprint density at radius 1 is 0.935 bits per heavy atom. The van der Waals surface area contributed by atoms with E-state index in [0.717, 1.165) is 45.6 Å². The quantitative estimate of drug-likeness (QED) is 0.282. The molecule has 3 aromatic carbocycles. The van der Waals surface area contributed by atoms with Gasteiger partial charge in [-0.05, 0) is 83.7 Å². The molecule has 3 rings (SSSR count). The normalized spacial score (nSPS) is 10.9. The summed E-state index contributed by atoms with van der Waals surface area (Å²) in [6, 6.07) is 18.0. The number of aryl methyl sites for hydroxylation is 1. The first-order valence-electron chi connectivity index (χ1n) is 10.2. The van der Waals surface area contributed by atoms with Gasteiger partial charge < -0.3 is 14.8 Å². The molecule has 0 aliphatic heterocycles. The number of hydrogen-bond acceptors (Lipinski definition) is 3. The smallest absolute Gasteiger partial charge is 0.175 e. The lowest BCUT2D eigenvalue weighted by atomic mass is 10.1. The van der Waals surface area contributed by atoms with Crippen molar-refractivity contribution in [2.24, 2.45) is 0 Å². The molecule has 0 spiro atoms. The summed E-state index contributed by atoms with van der Waals surface area (Å²) in [6.45, 7) is 6.61. The van der Waals surface area contributed by atoms with Crippen molar-refractivity contribution in [3.63, 3.8) is 0 Å². The average Bonchev–Trinajstić information content (AvgIpc) is 2.73. The highest BCUT2D eigenvalue weighted by Gasteiger charge is 2.13. The van der Waals surface area contributed by atoms with E-state index in [1.165, 1.54) is 5.56 Å². The maximum atomic E-state index is 6.25. The maximum absolute atomic E-state index is 6.25. The third-order valence-corrected chi connectivity index (χ3v) is 5.96. The van der Waals surface area contributed by atoms with Crippen LogP contribution in [0.2, 0.25) is 10.0 Å². The summed E-state index contributed by atoms with van der Waals surface area (Å²) in [5, 5.41) is 4.81. The minimum atomic E-state index is 0.485. The van der Waals surface area contributed by atoms with Crippen LogP contribution in [0, 0.1) is 6.92 Å². The highest BCUT2D eigenvalue weighted by Crippen LogP contribution is 2.37. The summed E-state index contributed by atoms with van der Waals surface area (Å²) in [4.78, 5) is 0. The topological polar surface area (TPSA) is 30.5 Å². The maximum Gasteiger partial charge on any atom is 0.175 e. The zero-order valence-corrected chi connectivity index (χ0v) is 20.8. The molecule has 0 radical (unpaired) electrons. The van der Waals surface area contributed by atoms with Crippen LogP contribution < -0.4 is 14.8 Å². The summed E-state index contributed by atoms with van der Waals surface area (Å²) < 4.78 is 12.8. The Kier molecular flexibility index (Phi) is 9.09. The molecule has 164 valence electrons. The van der Waals surface area contributed by atoms with Gasteiger partial charge in [0.25, 0.3) is 0 Å². The molecule has 0 aliphatic carbocycles. The van der Waals surface area contributed by atoms with Gasteiger partial charge >= 0.3 is 0 Å². The second-order valence-electron chi connectivity index (χ2n) is 7.27. The van der Waals surface area contributed by atoms with Crippen LogP contribution in [0.1, 0.15) is 29.2 Å². The molecule has 3 nitrogen and oxygen atoms in total. The number of rotatable bonds is 10. The minimum absolute atomic E-state index is 0.485. The van der Waals surface area contributed by atoms with Crippen molar-refractivity contribution in [1.82, 2.24) is 5.32 Å². The van der Waals surface area contributed by atoms with Crippen LogP contribution in [0.4, 0.5) is 0 Å². The van der Waals surface area contributed by atoms with E-state index in [-0.39, 0.29) is 0 Å². The molecule has 0 saturated heterocycles. The number of benzene rings is 3. The molecule has 0 amide bonds. The summed E-state index contributed by atoms with van der Waals surface area (Å²) in [5.41, 5.74) is 4.54. The molecule has 6 heteroatoms. The Morgan fingerprint density at radius 2 is 1.71 bits per heavy atom. The van der Waals surface area contributed by atoms with Crippen LogP contribution in [-0.4, -0.2) is 13.2 Å². The van der Waals surface area contributed by atoms with E-state index in [9.17, 15) is 0 Å². The Hall–Kier alpha value is -1.72. The molecule has 0 aromatic heterocycles. The summed E-state index contributed by atoms with van der Waals surface area (Å²) in [7, 11) is 0. The number of ether oxygens (including phenoxy) is 2. The van der Waals surface area contributed by atoms with Gasteiger partial charge in [-0.2, -0.15) is 0 Å². The van der Waals surface area contributed by atoms with E-state index in [4.69, 9.17) is 32.7 Å². The second-order valence-corrected chi connectivity index (χ2v) is 8.97. The van der Waals surface area contributed by atoms with Crippen molar-refractivity contribution in [3.8, 4) is 11.5 Å². The molecule has 0 saturated carbocycles. The van der Waals surface area contributed by atoms with Crippen LogP contribution in [0.25, 0.3) is 0 Å². The fourth-order valence-corrected chi connectivity index (χ4v) is 4.25. The van der Waals surface area contributed by atoms with Gasteiger partial charge in [-0.1, -0.05) is 59.1 Å². The Morgan fingerprint density at radius 3 is 2.42 bits per heavy atom. The van der Waals surface area contributed by atoms with Gasteiger partial charge in [0.1, 0.15) is 6.61 Å². The number of halogens is 3. The Bertz CT molecular complexity index is 1010. The van der Waals surface area contributed by atoms with Crippen LogP contribution >= 0.6 is 39.1 Å². The SMILES string of the molecule is CCOc1cc(CNCCc2ccc(Cl)cc2Cl)cc(Br)c1OCc1ccc(C)cc1. The first-order chi connectivity index (χ1) is 15.0. The predicted molar refractivity (Wildman–Crippen MR) is 133 cm³/mol. The fraction of sp³-hybridized carbons (Fsp3) is 0.280. The molecule has 3 aromatic rings. The van der Waals surface area contributed by atoms with Crippen LogP contribution in [0.15, 0.2) is 59.1 Å². The van der Waals surface area contributed by atoms with E-state index in [1.807, 2.05) is 25.1 Å². The molecule has 0 unspecified atom stereocenters. The Labute approximate surface area is 202 Å². The van der Waals surface area contributed by atoms with E-state index in [0.29, 0.717) is 29.8 Å². The monoisotopic (exact) mass is 521 g/mol. The van der Waals surface area contributed by atoms with Gasteiger partial charge in [-0.25, -0.2) is 0 Å². The van der Waals surface area contributed by atoms with E-state index in [2.05, 4.69) is 58.5 Å². The second kappa shape index (κ2) is 11.8. The van der Waals surface area contributed by atoms with Gasteiger partial charge in [-0.15, -0.1) is 0 Å². The van der Waals surface area contributed by atoms with Crippen LogP contribution in [0.5, 0.6) is 11.5 Å². The molecular weight excluding hydrogens is 497 g/mol. The lowest BCUT2D eigenvalue weighted by Gasteiger charge is -2.16. The van der Waals surface area contributed by atoms with Gasteiger partial charge in [0.05, 0.1) is 11.1 Å². The lowest BCUT2D eigenvalue weighted by molar-refractivity contribution is 0.267. The largest absolute Gasteiger partial charge is 0.490 e. The van der Waals surface area contributed by atoms with Crippen LogP contribution in [-0.2, 0) is 19.6 Å². The van der Waals surface area contributed by atoms with Crippen molar-refractivity contribution in [2.45, 2.75) is 33.4 Å². The molecular formula is C25H26BrCl2NO2. The number of nitrogens with one attached hydrogen (secondary N) is 1. The van der Waals surface area contributed by atoms with E-state index < -0.39 is 0 Å². The Balaban J connectivity index is 1.61. The zero-order chi connectivity index (χ0) is 22.2. The highest BCUT2D eigenvalue weighted by molar-refractivity contribution is 9.10. The van der Waals surface area contributed by atoms with Crippen molar-refractivity contribution in [2.75, 3.05) is 13.2 Å². The standard InChI is InChI=1S/C25H26BrCl2NO2/c1-3-30-24-13-19(15-29-11-10-20-8-9-21(27)14-23(20)28)12-22(26)25(24)31-16-18-6-4-17(2)5-7-18/h4-9,12-14,29H,3,10-11,15-16H2,1-2H3. The lowest BCUT2D eigenvalue weighted by Crippen LogP contribution is -2.17. The molecule has 0 atom stereocenters. The molecule has 0 aliphatic rings. The van der Waals surface area contributed by atoms with Crippen molar-refractivity contribution >= 4 is 39.1 Å². The predicted octanol–water partition coefficient (Wildman–Crippen LogP) is 7.37. The molecule has 31 heavy (non-hydrogen) atoms. The molecule has 0 fully saturated rings. The first-order valence-corrected chi connectivity index (χ1v) is 11.8. The first kappa shape index (κ1) is 23.9. The van der Waals surface area contributed by atoms with Gasteiger partial charge in [0, 0.05) is 16.6 Å². The molecule has 1 N–H and O–H groups in total. The van der Waals surface area contributed by atoms with E-state index >= 15 is 0 Å². The summed E-state index contributed by atoms with van der Waals surface area (Å²) >= 11 is 15.9. The van der Waals surface area contributed by atoms with Crippen LogP contribution in [0.3, 0.4) is 0 Å². The summed E-state index contributed by atoms with van der Waals surface area (Å²) in [6.07, 6.45) is 0.827. The third kappa shape index (κ3) is 7.15. The van der Waals surface area contributed by atoms with E-state index in [1.54, 1.807) is 6.07 Å². The van der Waals surface area contributed by atoms with Crippen molar-refractivity contribution in [3.05, 3.63) is 91.4 Å². The van der Waals surface area contributed by atoms with Gasteiger partial charge in [0.2, 0.25) is 0 Å². The zero-order valence-electron chi connectivity index (χ0n) is 17.7. The van der Waals surface area contributed by atoms with Crippen molar-refractivity contribution < 1.29 is 9.47 Å². The van der Waals surface area contributed by atoms with Gasteiger partial charge in [-0.3, -0.25) is 0 Å². The summed E-state index contributed by atoms with van der Waals surface area (Å²) in [5.74, 6) is 1.46. The average molecular weight is 523 g/mol. The minimum Gasteiger partial charge on any atom is -0.490 e. The number of hydrogen-bond donors (Lipinski definition) is 1. The van der Waals surface area contributed by atoms with Gasteiger partial charge in [0.15, 0.2) is 11.5 Å². The molecule has 0 bridgehead atoms. The van der Waals surface area contributed by atoms with Crippen molar-refractivity contribution in [1.29, 1.82) is 0 Å². The molecule has 0 heterocycles. The highest BCUT2D eigenvalue weighted by atomic mass is 79.9.